The molecule has 0 atom stereocenters. The van der Waals surface area contributed by atoms with Crippen LogP contribution < -0.4 is 11.1 Å². The largest absolute Gasteiger partial charge is 0.408 e. The standard InChI is InChI=1S/C12H22N4O2/c1-4-7-12(13,8-5-2)10(17)14-11-16-15-9(6-3)18-11/h4-8,13H2,1-3H3,(H,14,16,17). The van der Waals surface area contributed by atoms with Crippen molar-refractivity contribution < 1.29 is 9.21 Å². The molecule has 0 saturated heterocycles. The molecule has 18 heavy (non-hydrogen) atoms. The minimum absolute atomic E-state index is 0.124. The van der Waals surface area contributed by atoms with Crippen LogP contribution in [0.4, 0.5) is 6.01 Å². The molecular formula is C12H22N4O2. The van der Waals surface area contributed by atoms with Crippen molar-refractivity contribution in [2.45, 2.75) is 58.4 Å². The Bertz CT molecular complexity index is 383. The van der Waals surface area contributed by atoms with Crippen molar-refractivity contribution in [1.29, 1.82) is 0 Å². The minimum Gasteiger partial charge on any atom is -0.408 e. The lowest BCUT2D eigenvalue weighted by molar-refractivity contribution is -0.121. The van der Waals surface area contributed by atoms with Gasteiger partial charge in [0.2, 0.25) is 11.8 Å². The first-order valence-corrected chi connectivity index (χ1v) is 6.48. The molecular weight excluding hydrogens is 232 g/mol. The van der Waals surface area contributed by atoms with E-state index in [1.54, 1.807) is 0 Å². The summed E-state index contributed by atoms with van der Waals surface area (Å²) in [6.07, 6.45) is 3.63. The van der Waals surface area contributed by atoms with E-state index in [0.29, 0.717) is 25.2 Å². The minimum atomic E-state index is -0.857. The average Bonchev–Trinajstić information content (AvgIpc) is 2.77. The van der Waals surface area contributed by atoms with Crippen molar-refractivity contribution in [3.8, 4) is 0 Å². The molecule has 0 spiro atoms. The second-order valence-corrected chi connectivity index (χ2v) is 4.46. The molecule has 0 bridgehead atoms. The van der Waals surface area contributed by atoms with E-state index in [2.05, 4.69) is 15.5 Å². The Morgan fingerprint density at radius 1 is 1.28 bits per heavy atom. The molecule has 1 rings (SSSR count). The molecule has 0 aliphatic carbocycles. The Labute approximate surface area is 107 Å². The van der Waals surface area contributed by atoms with Crippen LogP contribution in [-0.2, 0) is 11.2 Å². The molecule has 0 saturated carbocycles. The Kier molecular flexibility index (Phi) is 5.27. The predicted molar refractivity (Wildman–Crippen MR) is 69.0 cm³/mol. The summed E-state index contributed by atoms with van der Waals surface area (Å²) in [4.78, 5) is 12.1. The number of nitrogens with zero attached hydrogens (tertiary/aromatic N) is 2. The number of aryl methyl sites for hydroxylation is 1. The molecule has 3 N–H and O–H groups in total. The van der Waals surface area contributed by atoms with Crippen molar-refractivity contribution in [3.05, 3.63) is 5.89 Å². The molecule has 1 heterocycles. The van der Waals surface area contributed by atoms with Crippen LogP contribution in [0.1, 0.15) is 52.3 Å². The molecule has 0 aliphatic rings. The first-order valence-electron chi connectivity index (χ1n) is 6.48. The van der Waals surface area contributed by atoms with E-state index in [4.69, 9.17) is 10.2 Å². The molecule has 0 radical (unpaired) electrons. The Morgan fingerprint density at radius 2 is 1.89 bits per heavy atom. The molecule has 0 fully saturated rings. The maximum Gasteiger partial charge on any atom is 0.322 e. The number of aromatic nitrogens is 2. The molecule has 1 aromatic heterocycles. The summed E-state index contributed by atoms with van der Waals surface area (Å²) < 4.78 is 5.25. The fraction of sp³-hybridized carbons (Fsp3) is 0.750. The fourth-order valence-corrected chi connectivity index (χ4v) is 1.91. The molecule has 6 nitrogen and oxygen atoms in total. The number of carbonyl (C=O) groups excluding carboxylic acids is 1. The van der Waals surface area contributed by atoms with Crippen LogP contribution in [-0.4, -0.2) is 21.6 Å². The van der Waals surface area contributed by atoms with E-state index in [9.17, 15) is 4.79 Å². The van der Waals surface area contributed by atoms with Crippen LogP contribution in [0.5, 0.6) is 0 Å². The Balaban J connectivity index is 2.71. The molecule has 1 aromatic rings. The van der Waals surface area contributed by atoms with Crippen LogP contribution in [0.3, 0.4) is 0 Å². The average molecular weight is 254 g/mol. The van der Waals surface area contributed by atoms with Gasteiger partial charge in [-0.05, 0) is 12.8 Å². The van der Waals surface area contributed by atoms with Gasteiger partial charge in [0.15, 0.2) is 0 Å². The monoisotopic (exact) mass is 254 g/mol. The molecule has 0 unspecified atom stereocenters. The zero-order chi connectivity index (χ0) is 13.6. The van der Waals surface area contributed by atoms with Crippen molar-refractivity contribution >= 4 is 11.9 Å². The van der Waals surface area contributed by atoms with Gasteiger partial charge in [0.1, 0.15) is 0 Å². The summed E-state index contributed by atoms with van der Waals surface area (Å²) in [5, 5.41) is 10.1. The van der Waals surface area contributed by atoms with Gasteiger partial charge in [-0.3, -0.25) is 10.1 Å². The van der Waals surface area contributed by atoms with Gasteiger partial charge < -0.3 is 10.2 Å². The summed E-state index contributed by atoms with van der Waals surface area (Å²) in [7, 11) is 0. The Morgan fingerprint density at radius 3 is 2.33 bits per heavy atom. The fourth-order valence-electron chi connectivity index (χ4n) is 1.91. The highest BCUT2D eigenvalue weighted by atomic mass is 16.4. The van der Waals surface area contributed by atoms with E-state index in [0.717, 1.165) is 12.8 Å². The summed E-state index contributed by atoms with van der Waals surface area (Å²) in [6, 6.07) is 0.124. The van der Waals surface area contributed by atoms with Crippen molar-refractivity contribution in [2.75, 3.05) is 5.32 Å². The Hall–Kier alpha value is -1.43. The van der Waals surface area contributed by atoms with Crippen LogP contribution in [0.2, 0.25) is 0 Å². The molecule has 102 valence electrons. The number of amides is 1. The zero-order valence-electron chi connectivity index (χ0n) is 11.3. The quantitative estimate of drug-likeness (QED) is 0.774. The van der Waals surface area contributed by atoms with Crippen molar-refractivity contribution in [2.24, 2.45) is 5.73 Å². The van der Waals surface area contributed by atoms with Gasteiger partial charge in [-0.25, -0.2) is 0 Å². The second kappa shape index (κ2) is 6.49. The lowest BCUT2D eigenvalue weighted by Gasteiger charge is -2.26. The van der Waals surface area contributed by atoms with E-state index in [1.807, 2.05) is 20.8 Å². The lowest BCUT2D eigenvalue weighted by Crippen LogP contribution is -2.51. The SMILES string of the molecule is CCCC(N)(CCC)C(=O)Nc1nnc(CC)o1. The number of anilines is 1. The van der Waals surface area contributed by atoms with Gasteiger partial charge >= 0.3 is 6.01 Å². The van der Waals surface area contributed by atoms with Gasteiger partial charge in [0.05, 0.1) is 5.54 Å². The van der Waals surface area contributed by atoms with Crippen LogP contribution >= 0.6 is 0 Å². The number of nitrogens with two attached hydrogens (primary N) is 1. The van der Waals surface area contributed by atoms with Crippen LogP contribution in [0.15, 0.2) is 4.42 Å². The number of hydrogen-bond donors (Lipinski definition) is 2. The van der Waals surface area contributed by atoms with E-state index in [-0.39, 0.29) is 11.9 Å². The predicted octanol–water partition coefficient (Wildman–Crippen LogP) is 1.87. The highest BCUT2D eigenvalue weighted by molar-refractivity contribution is 5.96. The number of rotatable bonds is 7. The highest BCUT2D eigenvalue weighted by Gasteiger charge is 2.33. The first-order chi connectivity index (χ1) is 8.55. The smallest absolute Gasteiger partial charge is 0.322 e. The highest BCUT2D eigenvalue weighted by Crippen LogP contribution is 2.19. The van der Waals surface area contributed by atoms with E-state index < -0.39 is 5.54 Å². The van der Waals surface area contributed by atoms with Gasteiger partial charge in [-0.15, -0.1) is 5.10 Å². The molecule has 0 aliphatic heterocycles. The van der Waals surface area contributed by atoms with Gasteiger partial charge in [-0.2, -0.15) is 0 Å². The zero-order valence-corrected chi connectivity index (χ0v) is 11.3. The third-order valence-electron chi connectivity index (χ3n) is 2.83. The number of nitrogens with one attached hydrogen (secondary N) is 1. The van der Waals surface area contributed by atoms with Gasteiger partial charge in [0.25, 0.3) is 0 Å². The maximum absolute atomic E-state index is 12.1. The molecule has 1 amide bonds. The van der Waals surface area contributed by atoms with Crippen molar-refractivity contribution in [3.63, 3.8) is 0 Å². The maximum atomic E-state index is 12.1. The third kappa shape index (κ3) is 3.53. The second-order valence-electron chi connectivity index (χ2n) is 4.46. The van der Waals surface area contributed by atoms with Crippen LogP contribution in [0, 0.1) is 0 Å². The van der Waals surface area contributed by atoms with Gasteiger partial charge in [0, 0.05) is 6.42 Å². The number of hydrogen-bond acceptors (Lipinski definition) is 5. The summed E-state index contributed by atoms with van der Waals surface area (Å²) in [5.41, 5.74) is 5.29. The van der Waals surface area contributed by atoms with E-state index >= 15 is 0 Å². The van der Waals surface area contributed by atoms with Gasteiger partial charge in [-0.1, -0.05) is 38.7 Å². The molecule has 6 heteroatoms. The number of carbonyl (C=O) groups is 1. The van der Waals surface area contributed by atoms with Crippen LogP contribution in [0.25, 0.3) is 0 Å². The summed E-state index contributed by atoms with van der Waals surface area (Å²) >= 11 is 0. The topological polar surface area (TPSA) is 94.0 Å². The summed E-state index contributed by atoms with van der Waals surface area (Å²) in [5.74, 6) is 0.247. The first kappa shape index (κ1) is 14.6. The van der Waals surface area contributed by atoms with Crippen molar-refractivity contribution in [1.82, 2.24) is 10.2 Å². The lowest BCUT2D eigenvalue weighted by atomic mass is 9.89. The third-order valence-corrected chi connectivity index (χ3v) is 2.83. The summed E-state index contributed by atoms with van der Waals surface area (Å²) in [6.45, 7) is 5.92. The normalized spacial score (nSPS) is 11.6. The molecule has 0 aromatic carbocycles. The van der Waals surface area contributed by atoms with E-state index in [1.165, 1.54) is 0 Å².